The van der Waals surface area contributed by atoms with Crippen LogP contribution in [0.25, 0.3) is 6.08 Å². The summed E-state index contributed by atoms with van der Waals surface area (Å²) in [5.74, 6) is 1.01. The van der Waals surface area contributed by atoms with Crippen molar-refractivity contribution < 1.29 is 4.74 Å². The lowest BCUT2D eigenvalue weighted by Gasteiger charge is -2.06. The first-order valence-corrected chi connectivity index (χ1v) is 7.41. The molecule has 0 unspecified atom stereocenters. The third-order valence-electron chi connectivity index (χ3n) is 3.75. The lowest BCUT2D eigenvalue weighted by Crippen LogP contribution is -2.06. The molecule has 1 aromatic rings. The molecular formula is C19H16N4O. The number of rotatable bonds is 5. The largest absolute Gasteiger partial charge is 0.497 e. The van der Waals surface area contributed by atoms with Crippen LogP contribution in [-0.4, -0.2) is 7.11 Å². The van der Waals surface area contributed by atoms with E-state index in [1.165, 1.54) is 0 Å². The Kier molecular flexibility index (Phi) is 5.40. The number of ether oxygens (including phenoxy) is 1. The Bertz CT molecular complexity index is 819. The van der Waals surface area contributed by atoms with Gasteiger partial charge in [0, 0.05) is 0 Å². The minimum Gasteiger partial charge on any atom is -0.497 e. The van der Waals surface area contributed by atoms with E-state index < -0.39 is 0 Å². The fourth-order valence-electron chi connectivity index (χ4n) is 2.27. The number of hydrogen-bond acceptors (Lipinski definition) is 5. The number of nitriles is 3. The molecule has 0 aromatic heterocycles. The fraction of sp³-hybridized carbons (Fsp3) is 0.211. The van der Waals surface area contributed by atoms with Gasteiger partial charge in [-0.15, -0.1) is 0 Å². The summed E-state index contributed by atoms with van der Waals surface area (Å²) in [7, 11) is 1.61. The lowest BCUT2D eigenvalue weighted by molar-refractivity contribution is 0.415. The summed E-state index contributed by atoms with van der Waals surface area (Å²) in [6.45, 7) is 0. The van der Waals surface area contributed by atoms with Crippen molar-refractivity contribution in [2.45, 2.75) is 12.8 Å². The van der Waals surface area contributed by atoms with Gasteiger partial charge in [-0.3, -0.25) is 0 Å². The fourth-order valence-corrected chi connectivity index (χ4v) is 2.27. The molecule has 0 bridgehead atoms. The highest BCUT2D eigenvalue weighted by atomic mass is 16.5. The van der Waals surface area contributed by atoms with E-state index in [-0.39, 0.29) is 22.8 Å². The molecule has 0 atom stereocenters. The van der Waals surface area contributed by atoms with Gasteiger partial charge >= 0.3 is 0 Å². The predicted molar refractivity (Wildman–Crippen MR) is 89.8 cm³/mol. The van der Waals surface area contributed by atoms with Crippen LogP contribution in [0.4, 0.5) is 0 Å². The van der Waals surface area contributed by atoms with Crippen molar-refractivity contribution in [3.05, 3.63) is 58.3 Å². The summed E-state index contributed by atoms with van der Waals surface area (Å²) >= 11 is 0. The first-order valence-electron chi connectivity index (χ1n) is 7.41. The SMILES string of the molecule is COc1ccc(/C=C/C(=C(\C#N)C(N)=C(C#N)C#N)C2CC2)cc1. The predicted octanol–water partition coefficient (Wildman–Crippen LogP) is 3.20. The Morgan fingerprint density at radius 3 is 2.21 bits per heavy atom. The molecule has 0 heterocycles. The van der Waals surface area contributed by atoms with E-state index in [0.29, 0.717) is 0 Å². The van der Waals surface area contributed by atoms with Crippen LogP contribution in [0.5, 0.6) is 5.75 Å². The second-order valence-electron chi connectivity index (χ2n) is 5.34. The summed E-state index contributed by atoms with van der Waals surface area (Å²) in [5.41, 5.74) is 7.52. The molecule has 118 valence electrons. The van der Waals surface area contributed by atoms with Crippen molar-refractivity contribution in [3.63, 3.8) is 0 Å². The van der Waals surface area contributed by atoms with Gasteiger partial charge in [0.05, 0.1) is 18.4 Å². The summed E-state index contributed by atoms with van der Waals surface area (Å²) in [4.78, 5) is 0. The first kappa shape index (κ1) is 16.9. The first-order chi connectivity index (χ1) is 11.6. The number of hydrogen-bond donors (Lipinski definition) is 1. The van der Waals surface area contributed by atoms with Gasteiger partial charge in [-0.1, -0.05) is 24.3 Å². The summed E-state index contributed by atoms with van der Waals surface area (Å²) in [6.07, 6.45) is 5.66. The van der Waals surface area contributed by atoms with Gasteiger partial charge in [0.2, 0.25) is 0 Å². The zero-order chi connectivity index (χ0) is 17.5. The molecule has 0 amide bonds. The molecular weight excluding hydrogens is 300 g/mol. The van der Waals surface area contributed by atoms with Gasteiger partial charge in [-0.05, 0) is 42.0 Å². The normalized spacial score (nSPS) is 14.1. The number of nitrogens with two attached hydrogens (primary N) is 1. The highest BCUT2D eigenvalue weighted by Crippen LogP contribution is 2.40. The molecule has 5 heteroatoms. The molecule has 0 saturated heterocycles. The van der Waals surface area contributed by atoms with Crippen molar-refractivity contribution >= 4 is 6.08 Å². The van der Waals surface area contributed by atoms with E-state index in [1.54, 1.807) is 19.2 Å². The third kappa shape index (κ3) is 3.83. The minimum atomic E-state index is -0.234. The second-order valence-corrected chi connectivity index (χ2v) is 5.34. The maximum atomic E-state index is 9.46. The molecule has 1 saturated carbocycles. The maximum Gasteiger partial charge on any atom is 0.153 e. The Balaban J connectivity index is 2.43. The van der Waals surface area contributed by atoms with Crippen LogP contribution in [0.15, 0.2) is 52.8 Å². The summed E-state index contributed by atoms with van der Waals surface area (Å²) in [5, 5.41) is 27.4. The molecule has 1 fully saturated rings. The highest BCUT2D eigenvalue weighted by Gasteiger charge is 2.28. The van der Waals surface area contributed by atoms with Crippen molar-refractivity contribution in [1.82, 2.24) is 0 Å². The van der Waals surface area contributed by atoms with E-state index in [2.05, 4.69) is 6.07 Å². The summed E-state index contributed by atoms with van der Waals surface area (Å²) in [6, 6.07) is 13.0. The van der Waals surface area contributed by atoms with Crippen molar-refractivity contribution in [2.24, 2.45) is 11.7 Å². The lowest BCUT2D eigenvalue weighted by atomic mass is 9.98. The van der Waals surface area contributed by atoms with Crippen LogP contribution in [0.1, 0.15) is 18.4 Å². The van der Waals surface area contributed by atoms with Crippen LogP contribution in [-0.2, 0) is 0 Å². The van der Waals surface area contributed by atoms with Crippen LogP contribution in [0.3, 0.4) is 0 Å². The number of nitrogens with zero attached hydrogens (tertiary/aromatic N) is 3. The molecule has 0 aliphatic heterocycles. The monoisotopic (exact) mass is 316 g/mol. The van der Waals surface area contributed by atoms with Gasteiger partial charge in [0.15, 0.2) is 5.57 Å². The molecule has 24 heavy (non-hydrogen) atoms. The minimum absolute atomic E-state index is 0.0521. The Hall–Kier alpha value is -3.49. The van der Waals surface area contributed by atoms with Gasteiger partial charge in [-0.2, -0.15) is 15.8 Å². The average Bonchev–Trinajstić information content (AvgIpc) is 3.45. The molecule has 2 rings (SSSR count). The number of allylic oxidation sites excluding steroid dienone is 4. The zero-order valence-electron chi connectivity index (χ0n) is 13.3. The highest BCUT2D eigenvalue weighted by molar-refractivity contribution is 5.61. The Labute approximate surface area is 141 Å². The topological polar surface area (TPSA) is 107 Å². The molecule has 1 aliphatic carbocycles. The smallest absolute Gasteiger partial charge is 0.153 e. The van der Waals surface area contributed by atoms with Crippen LogP contribution < -0.4 is 10.5 Å². The molecule has 2 N–H and O–H groups in total. The van der Waals surface area contributed by atoms with Gasteiger partial charge in [0.25, 0.3) is 0 Å². The van der Waals surface area contributed by atoms with Gasteiger partial charge in [-0.25, -0.2) is 0 Å². The molecule has 0 radical (unpaired) electrons. The summed E-state index contributed by atoms with van der Waals surface area (Å²) < 4.78 is 5.12. The van der Waals surface area contributed by atoms with Gasteiger partial charge < -0.3 is 10.5 Å². The molecule has 1 aromatic carbocycles. The van der Waals surface area contributed by atoms with Crippen LogP contribution >= 0.6 is 0 Å². The van der Waals surface area contributed by atoms with E-state index in [9.17, 15) is 5.26 Å². The van der Waals surface area contributed by atoms with E-state index in [0.717, 1.165) is 29.7 Å². The number of benzene rings is 1. The maximum absolute atomic E-state index is 9.46. The Morgan fingerprint density at radius 1 is 1.12 bits per heavy atom. The van der Waals surface area contributed by atoms with Gasteiger partial charge in [0.1, 0.15) is 24.0 Å². The van der Waals surface area contributed by atoms with E-state index in [4.69, 9.17) is 21.0 Å². The quantitative estimate of drug-likeness (QED) is 0.663. The van der Waals surface area contributed by atoms with E-state index in [1.807, 2.05) is 36.4 Å². The molecule has 1 aliphatic rings. The zero-order valence-corrected chi connectivity index (χ0v) is 13.3. The van der Waals surface area contributed by atoms with Crippen LogP contribution in [0, 0.1) is 39.9 Å². The van der Waals surface area contributed by atoms with Crippen LogP contribution in [0.2, 0.25) is 0 Å². The number of methoxy groups -OCH3 is 1. The standard InChI is InChI=1S/C19H16N4O/c1-24-16-7-2-13(3-8-16)4-9-17(14-5-6-14)18(12-22)19(23)15(10-20)11-21/h2-4,7-9,14H,5-6,23H2,1H3/b9-4+,18-17-. The van der Waals surface area contributed by atoms with Crippen molar-refractivity contribution in [1.29, 1.82) is 15.8 Å². The Morgan fingerprint density at radius 2 is 1.75 bits per heavy atom. The van der Waals surface area contributed by atoms with E-state index >= 15 is 0 Å². The molecule has 5 nitrogen and oxygen atoms in total. The van der Waals surface area contributed by atoms with Crippen molar-refractivity contribution in [3.8, 4) is 24.0 Å². The third-order valence-corrected chi connectivity index (χ3v) is 3.75. The second kappa shape index (κ2) is 7.68. The molecule has 0 spiro atoms. The average molecular weight is 316 g/mol. The van der Waals surface area contributed by atoms with Crippen molar-refractivity contribution in [2.75, 3.05) is 7.11 Å².